The van der Waals surface area contributed by atoms with Crippen molar-refractivity contribution in [1.29, 1.82) is 0 Å². The minimum Gasteiger partial charge on any atom is -0.469 e. The number of nitrogens with zero attached hydrogens (tertiary/aromatic N) is 1. The van der Waals surface area contributed by atoms with Gasteiger partial charge >= 0.3 is 5.97 Å². The molecule has 8 atom stereocenters. The molecule has 2 saturated heterocycles. The predicted molar refractivity (Wildman–Crippen MR) is 103 cm³/mol. The molecular formula is C23H33NO4. The van der Waals surface area contributed by atoms with Gasteiger partial charge < -0.3 is 14.9 Å². The molecule has 2 saturated carbocycles. The smallest absolute Gasteiger partial charge is 0.309 e. The number of aliphatic hydroxyl groups is 2. The summed E-state index contributed by atoms with van der Waals surface area (Å²) in [6.45, 7) is 4.32. The summed E-state index contributed by atoms with van der Waals surface area (Å²) < 4.78 is 5.26. The van der Waals surface area contributed by atoms with Gasteiger partial charge in [0.05, 0.1) is 18.6 Å². The molecule has 4 fully saturated rings. The highest BCUT2D eigenvalue weighted by atomic mass is 16.5. The Kier molecular flexibility index (Phi) is 3.46. The molecule has 0 aromatic heterocycles. The number of hydrogen-bond acceptors (Lipinski definition) is 5. The van der Waals surface area contributed by atoms with Crippen molar-refractivity contribution in [3.8, 4) is 0 Å². The molecule has 0 aromatic carbocycles. The Morgan fingerprint density at radius 1 is 1.25 bits per heavy atom. The van der Waals surface area contributed by atoms with Crippen molar-refractivity contribution in [1.82, 2.24) is 4.90 Å². The average molecular weight is 388 g/mol. The summed E-state index contributed by atoms with van der Waals surface area (Å²) in [7, 11) is 1.51. The number of ether oxygens (including phenoxy) is 1. The summed E-state index contributed by atoms with van der Waals surface area (Å²) in [5, 5.41) is 22.9. The van der Waals surface area contributed by atoms with E-state index in [1.165, 1.54) is 12.7 Å². The lowest BCUT2D eigenvalue weighted by Crippen LogP contribution is -2.73. The highest BCUT2D eigenvalue weighted by Crippen LogP contribution is 2.77. The van der Waals surface area contributed by atoms with Crippen LogP contribution in [0.2, 0.25) is 0 Å². The number of hydrogen-bond donors (Lipinski definition) is 2. The number of carbonyl (C=O) groups excluding carboxylic acids is 1. The van der Waals surface area contributed by atoms with E-state index in [0.29, 0.717) is 5.92 Å². The number of methoxy groups -OCH3 is 1. The fourth-order valence-electron chi connectivity index (χ4n) is 9.42. The first kappa shape index (κ1) is 17.9. The third-order valence-corrected chi connectivity index (χ3v) is 10.4. The second-order valence-electron chi connectivity index (χ2n) is 10.8. The molecular weight excluding hydrogens is 354 g/mol. The van der Waals surface area contributed by atoms with Crippen LogP contribution in [0.3, 0.4) is 0 Å². The van der Waals surface area contributed by atoms with Crippen LogP contribution >= 0.6 is 0 Å². The van der Waals surface area contributed by atoms with Crippen molar-refractivity contribution in [2.45, 2.75) is 63.5 Å². The molecule has 0 amide bonds. The van der Waals surface area contributed by atoms with Crippen molar-refractivity contribution < 1.29 is 19.7 Å². The maximum absolute atomic E-state index is 12.8. The van der Waals surface area contributed by atoms with Gasteiger partial charge in [0.15, 0.2) is 0 Å². The van der Waals surface area contributed by atoms with Gasteiger partial charge in [-0.2, -0.15) is 0 Å². The van der Waals surface area contributed by atoms with Crippen LogP contribution in [0.25, 0.3) is 0 Å². The van der Waals surface area contributed by atoms with E-state index in [4.69, 9.17) is 4.74 Å². The van der Waals surface area contributed by atoms with Gasteiger partial charge in [-0.05, 0) is 62.7 Å². The van der Waals surface area contributed by atoms with Crippen molar-refractivity contribution in [2.75, 3.05) is 26.8 Å². The Hall–Kier alpha value is -0.910. The molecule has 0 aromatic rings. The molecule has 4 aliphatic carbocycles. The van der Waals surface area contributed by atoms with Crippen molar-refractivity contribution in [2.24, 2.45) is 34.5 Å². The summed E-state index contributed by atoms with van der Waals surface area (Å²) in [4.78, 5) is 15.4. The Balaban J connectivity index is 1.64. The monoisotopic (exact) mass is 387 g/mol. The third-order valence-electron chi connectivity index (χ3n) is 10.4. The van der Waals surface area contributed by atoms with E-state index in [0.717, 1.165) is 58.0 Å². The Morgan fingerprint density at radius 2 is 2.04 bits per heavy atom. The Morgan fingerprint density at radius 3 is 2.79 bits per heavy atom. The fraction of sp³-hybridized carbons (Fsp3) is 0.870. The third kappa shape index (κ3) is 1.68. The minimum absolute atomic E-state index is 0.0468. The standard InChI is InChI=1S/C23H33NO4/c1-13-10-24-11-15-5-3-14-4-6-16-17(19(26)28-2)9-22(18(14)16)20(24)23(13,27)8-7-21(15,22)12-25/h13,15-17,20,25,27H,3-12H2,1-2H3/t13-,15-,16-,17-,20-,21-,22+,23+/m0/s1. The molecule has 1 spiro atoms. The first-order valence-corrected chi connectivity index (χ1v) is 11.3. The highest BCUT2D eigenvalue weighted by Gasteiger charge is 2.78. The maximum Gasteiger partial charge on any atom is 0.309 e. The molecule has 6 aliphatic rings. The van der Waals surface area contributed by atoms with Gasteiger partial charge in [-0.25, -0.2) is 0 Å². The van der Waals surface area contributed by atoms with Crippen LogP contribution in [0.5, 0.6) is 0 Å². The van der Waals surface area contributed by atoms with Crippen molar-refractivity contribution in [3.63, 3.8) is 0 Å². The second-order valence-corrected chi connectivity index (χ2v) is 10.8. The predicted octanol–water partition coefficient (Wildman–Crippen LogP) is 2.12. The van der Waals surface area contributed by atoms with E-state index in [9.17, 15) is 15.0 Å². The second kappa shape index (κ2) is 5.41. The van der Waals surface area contributed by atoms with Crippen LogP contribution in [-0.2, 0) is 9.53 Å². The molecule has 2 heterocycles. The van der Waals surface area contributed by atoms with Gasteiger partial charge in [0.1, 0.15) is 0 Å². The van der Waals surface area contributed by atoms with Gasteiger partial charge in [0, 0.05) is 36.6 Å². The molecule has 4 bridgehead atoms. The quantitative estimate of drug-likeness (QED) is 0.561. The molecule has 2 aliphatic heterocycles. The summed E-state index contributed by atoms with van der Waals surface area (Å²) in [5.74, 6) is 0.749. The van der Waals surface area contributed by atoms with Crippen LogP contribution in [0.1, 0.15) is 51.9 Å². The molecule has 28 heavy (non-hydrogen) atoms. The maximum atomic E-state index is 12.8. The summed E-state index contributed by atoms with van der Waals surface area (Å²) >= 11 is 0. The molecule has 0 unspecified atom stereocenters. The lowest BCUT2D eigenvalue weighted by Gasteiger charge is -2.67. The van der Waals surface area contributed by atoms with Gasteiger partial charge in [-0.15, -0.1) is 0 Å². The zero-order valence-electron chi connectivity index (χ0n) is 17.1. The molecule has 5 heteroatoms. The average Bonchev–Trinajstić information content (AvgIpc) is 3.31. The van der Waals surface area contributed by atoms with E-state index in [-0.39, 0.29) is 47.2 Å². The van der Waals surface area contributed by atoms with Crippen LogP contribution in [0, 0.1) is 34.5 Å². The zero-order chi connectivity index (χ0) is 19.5. The first-order valence-electron chi connectivity index (χ1n) is 11.3. The highest BCUT2D eigenvalue weighted by molar-refractivity contribution is 5.75. The fourth-order valence-corrected chi connectivity index (χ4v) is 9.42. The van der Waals surface area contributed by atoms with Crippen molar-refractivity contribution >= 4 is 5.97 Å². The molecule has 2 N–H and O–H groups in total. The van der Waals surface area contributed by atoms with Crippen molar-refractivity contribution in [3.05, 3.63) is 11.1 Å². The number of allylic oxidation sites excluding steroid dienone is 1. The topological polar surface area (TPSA) is 70.0 Å². The van der Waals surface area contributed by atoms with Crippen LogP contribution < -0.4 is 0 Å². The number of rotatable bonds is 2. The van der Waals surface area contributed by atoms with E-state index in [1.54, 1.807) is 5.57 Å². The minimum atomic E-state index is -0.704. The number of carbonyl (C=O) groups is 1. The Bertz CT molecular complexity index is 779. The van der Waals surface area contributed by atoms with Crippen LogP contribution in [0.15, 0.2) is 11.1 Å². The largest absolute Gasteiger partial charge is 0.469 e. The molecule has 6 rings (SSSR count). The van der Waals surface area contributed by atoms with Crippen LogP contribution in [0.4, 0.5) is 0 Å². The normalized spacial score (nSPS) is 53.9. The van der Waals surface area contributed by atoms with E-state index >= 15 is 0 Å². The van der Waals surface area contributed by atoms with Gasteiger partial charge in [-0.3, -0.25) is 9.69 Å². The number of esters is 1. The number of aliphatic hydroxyl groups excluding tert-OH is 1. The van der Waals surface area contributed by atoms with E-state index in [2.05, 4.69) is 11.8 Å². The molecule has 5 nitrogen and oxygen atoms in total. The van der Waals surface area contributed by atoms with E-state index < -0.39 is 5.60 Å². The number of piperidine rings is 1. The lowest BCUT2D eigenvalue weighted by atomic mass is 9.42. The summed E-state index contributed by atoms with van der Waals surface area (Å²) in [6.07, 6.45) is 6.82. The summed E-state index contributed by atoms with van der Waals surface area (Å²) in [6, 6.07) is 0.0468. The lowest BCUT2D eigenvalue weighted by molar-refractivity contribution is -0.217. The van der Waals surface area contributed by atoms with Gasteiger partial charge in [0.25, 0.3) is 0 Å². The van der Waals surface area contributed by atoms with E-state index in [1.807, 2.05) is 0 Å². The Labute approximate surface area is 167 Å². The van der Waals surface area contributed by atoms with Crippen LogP contribution in [-0.4, -0.2) is 59.5 Å². The zero-order valence-corrected chi connectivity index (χ0v) is 17.1. The van der Waals surface area contributed by atoms with Gasteiger partial charge in [-0.1, -0.05) is 18.1 Å². The summed E-state index contributed by atoms with van der Waals surface area (Å²) in [5.41, 5.74) is 1.90. The molecule has 154 valence electrons. The molecule has 0 radical (unpaired) electrons. The SMILES string of the molecule is COC(=O)[C@H]1C[C@]23C4=C(CC[C@H]5CN6C[C@H](C)[C@](O)(CC[C@]52CO)[C@@H]63)CC[C@H]41. The first-order chi connectivity index (χ1) is 13.4. The van der Waals surface area contributed by atoms with Gasteiger partial charge in [0.2, 0.25) is 0 Å².